The van der Waals surface area contributed by atoms with E-state index in [9.17, 15) is 14.4 Å². The smallest absolute Gasteiger partial charge is 0.256 e. The second-order valence-corrected chi connectivity index (χ2v) is 6.92. The molecule has 0 aliphatic carbocycles. The van der Waals surface area contributed by atoms with Crippen LogP contribution in [-0.2, 0) is 13.0 Å². The molecule has 144 valence electrons. The van der Waals surface area contributed by atoms with E-state index in [-0.39, 0.29) is 17.0 Å². The van der Waals surface area contributed by atoms with Crippen molar-refractivity contribution in [1.82, 2.24) is 15.2 Å². The molecule has 2 amide bonds. The molecule has 0 bridgehead atoms. The van der Waals surface area contributed by atoms with Gasteiger partial charge in [-0.1, -0.05) is 44.2 Å². The molecule has 0 unspecified atom stereocenters. The van der Waals surface area contributed by atoms with Crippen molar-refractivity contribution < 1.29 is 9.59 Å². The molecule has 1 aromatic carbocycles. The molecule has 0 spiro atoms. The van der Waals surface area contributed by atoms with Gasteiger partial charge in [0.1, 0.15) is 11.1 Å². The second kappa shape index (κ2) is 9.71. The van der Waals surface area contributed by atoms with Crippen molar-refractivity contribution >= 4 is 11.8 Å². The highest BCUT2D eigenvalue weighted by Crippen LogP contribution is 2.06. The van der Waals surface area contributed by atoms with Crippen LogP contribution in [0.25, 0.3) is 0 Å². The molecule has 0 aliphatic rings. The number of nitrogens with one attached hydrogen (secondary N) is 2. The molecular weight excluding hydrogens is 342 g/mol. The van der Waals surface area contributed by atoms with Crippen molar-refractivity contribution in [1.29, 1.82) is 0 Å². The fourth-order valence-corrected chi connectivity index (χ4v) is 2.72. The van der Waals surface area contributed by atoms with Gasteiger partial charge in [-0.05, 0) is 24.3 Å². The molecule has 1 aromatic heterocycles. The van der Waals surface area contributed by atoms with Crippen LogP contribution in [0.4, 0.5) is 0 Å². The molecule has 0 aliphatic heterocycles. The third-order valence-corrected chi connectivity index (χ3v) is 4.19. The van der Waals surface area contributed by atoms with Gasteiger partial charge < -0.3 is 15.2 Å². The van der Waals surface area contributed by atoms with E-state index in [2.05, 4.69) is 22.8 Å². The largest absolute Gasteiger partial charge is 0.355 e. The summed E-state index contributed by atoms with van der Waals surface area (Å²) in [5.74, 6) is -0.671. The number of amides is 2. The number of carbonyl (C=O) groups is 2. The lowest BCUT2D eigenvalue weighted by molar-refractivity contribution is 0.0947. The maximum Gasteiger partial charge on any atom is 0.256 e. The summed E-state index contributed by atoms with van der Waals surface area (Å²) in [7, 11) is 1.47. The molecule has 0 radical (unpaired) electrons. The van der Waals surface area contributed by atoms with Crippen molar-refractivity contribution in [3.05, 3.63) is 69.6 Å². The first-order chi connectivity index (χ1) is 12.9. The molecular formula is C21H27N3O3. The van der Waals surface area contributed by atoms with Crippen LogP contribution in [0.1, 0.15) is 46.5 Å². The van der Waals surface area contributed by atoms with E-state index in [0.717, 1.165) is 12.8 Å². The van der Waals surface area contributed by atoms with Gasteiger partial charge >= 0.3 is 0 Å². The third-order valence-electron chi connectivity index (χ3n) is 4.19. The lowest BCUT2D eigenvalue weighted by Gasteiger charge is -2.13. The van der Waals surface area contributed by atoms with Gasteiger partial charge in [0.15, 0.2) is 0 Å². The molecule has 0 saturated carbocycles. The van der Waals surface area contributed by atoms with Crippen LogP contribution in [0.3, 0.4) is 0 Å². The Labute approximate surface area is 159 Å². The average Bonchev–Trinajstić information content (AvgIpc) is 2.67. The van der Waals surface area contributed by atoms with Crippen molar-refractivity contribution in [2.24, 2.45) is 5.92 Å². The highest BCUT2D eigenvalue weighted by Gasteiger charge is 2.18. The minimum absolute atomic E-state index is 0.00328. The fraction of sp³-hybridized carbons (Fsp3) is 0.381. The Bertz CT molecular complexity index is 841. The summed E-state index contributed by atoms with van der Waals surface area (Å²) < 4.78 is 1.75. The summed E-state index contributed by atoms with van der Waals surface area (Å²) in [4.78, 5) is 37.1. The molecule has 27 heavy (non-hydrogen) atoms. The zero-order chi connectivity index (χ0) is 19.8. The highest BCUT2D eigenvalue weighted by atomic mass is 16.2. The van der Waals surface area contributed by atoms with Gasteiger partial charge in [-0.2, -0.15) is 0 Å². The highest BCUT2D eigenvalue weighted by molar-refractivity contribution is 5.99. The van der Waals surface area contributed by atoms with Crippen LogP contribution in [0.5, 0.6) is 0 Å². The quantitative estimate of drug-likeness (QED) is 0.749. The first-order valence-electron chi connectivity index (χ1n) is 9.20. The van der Waals surface area contributed by atoms with E-state index in [1.807, 2.05) is 32.0 Å². The monoisotopic (exact) mass is 369 g/mol. The summed E-state index contributed by atoms with van der Waals surface area (Å²) in [6, 6.07) is 10.1. The Kier molecular flexibility index (Phi) is 7.34. The molecule has 6 nitrogen and oxygen atoms in total. The number of aryl methyl sites for hydroxylation is 2. The number of nitrogens with zero attached hydrogens (tertiary/aromatic N) is 1. The van der Waals surface area contributed by atoms with Crippen molar-refractivity contribution in [3.8, 4) is 0 Å². The number of aromatic nitrogens is 1. The third kappa shape index (κ3) is 5.81. The van der Waals surface area contributed by atoms with E-state index < -0.39 is 17.2 Å². The summed E-state index contributed by atoms with van der Waals surface area (Å²) in [6.45, 7) is 5.02. The Morgan fingerprint density at radius 2 is 1.67 bits per heavy atom. The number of rotatable bonds is 8. The maximum atomic E-state index is 12.6. The van der Waals surface area contributed by atoms with Gasteiger partial charge in [0.25, 0.3) is 11.8 Å². The first-order valence-corrected chi connectivity index (χ1v) is 9.20. The van der Waals surface area contributed by atoms with Crippen LogP contribution in [-0.4, -0.2) is 30.0 Å². The van der Waals surface area contributed by atoms with Gasteiger partial charge in [0, 0.05) is 32.5 Å². The van der Waals surface area contributed by atoms with Crippen LogP contribution in [0.15, 0.2) is 47.5 Å². The number of carbonyl (C=O) groups excluding carboxylic acids is 2. The fourth-order valence-electron chi connectivity index (χ4n) is 2.72. The summed E-state index contributed by atoms with van der Waals surface area (Å²) >= 11 is 0. The molecule has 2 aromatic rings. The molecule has 0 atom stereocenters. The zero-order valence-corrected chi connectivity index (χ0v) is 16.1. The normalized spacial score (nSPS) is 10.7. The number of hydrogen-bond acceptors (Lipinski definition) is 3. The van der Waals surface area contributed by atoms with Crippen molar-refractivity contribution in [2.75, 3.05) is 13.6 Å². The summed E-state index contributed by atoms with van der Waals surface area (Å²) in [5.41, 5.74) is 0.653. The Balaban J connectivity index is 2.22. The minimum Gasteiger partial charge on any atom is -0.355 e. The van der Waals surface area contributed by atoms with E-state index in [0.29, 0.717) is 13.1 Å². The number of hydrogen-bond donors (Lipinski definition) is 2. The Morgan fingerprint density at radius 1 is 1.04 bits per heavy atom. The van der Waals surface area contributed by atoms with Gasteiger partial charge in [-0.15, -0.1) is 0 Å². The van der Waals surface area contributed by atoms with Crippen molar-refractivity contribution in [3.63, 3.8) is 0 Å². The van der Waals surface area contributed by atoms with Crippen LogP contribution >= 0.6 is 0 Å². The van der Waals surface area contributed by atoms with E-state index in [1.165, 1.54) is 25.0 Å². The molecule has 2 rings (SSSR count). The SMILES string of the molecule is CNC(=O)c1cn(CCCc2ccccc2)cc(C(=O)NCC(C)C)c1=O. The van der Waals surface area contributed by atoms with E-state index in [1.54, 1.807) is 4.57 Å². The van der Waals surface area contributed by atoms with E-state index in [4.69, 9.17) is 0 Å². The van der Waals surface area contributed by atoms with E-state index >= 15 is 0 Å². The topological polar surface area (TPSA) is 80.2 Å². The maximum absolute atomic E-state index is 12.6. The van der Waals surface area contributed by atoms with Gasteiger partial charge in [0.2, 0.25) is 5.43 Å². The van der Waals surface area contributed by atoms with Crippen LogP contribution in [0.2, 0.25) is 0 Å². The average molecular weight is 369 g/mol. The molecule has 0 fully saturated rings. The van der Waals surface area contributed by atoms with Crippen LogP contribution in [0, 0.1) is 5.92 Å². The van der Waals surface area contributed by atoms with Gasteiger partial charge in [0.05, 0.1) is 0 Å². The first kappa shape index (κ1) is 20.4. The summed E-state index contributed by atoms with van der Waals surface area (Å²) in [5, 5.41) is 5.21. The minimum atomic E-state index is -0.546. The predicted molar refractivity (Wildman–Crippen MR) is 106 cm³/mol. The molecule has 2 N–H and O–H groups in total. The second-order valence-electron chi connectivity index (χ2n) is 6.92. The lowest BCUT2D eigenvalue weighted by atomic mass is 10.1. The number of benzene rings is 1. The Morgan fingerprint density at radius 3 is 2.26 bits per heavy atom. The Hall–Kier alpha value is -2.89. The molecule has 0 saturated heterocycles. The predicted octanol–water partition coefficient (Wildman–Crippen LogP) is 2.23. The van der Waals surface area contributed by atoms with Crippen molar-refractivity contribution in [2.45, 2.75) is 33.2 Å². The van der Waals surface area contributed by atoms with Crippen LogP contribution < -0.4 is 16.1 Å². The zero-order valence-electron chi connectivity index (χ0n) is 16.1. The number of pyridine rings is 1. The molecule has 6 heteroatoms. The molecule has 1 heterocycles. The van der Waals surface area contributed by atoms with Gasteiger partial charge in [-0.25, -0.2) is 0 Å². The lowest BCUT2D eigenvalue weighted by Crippen LogP contribution is -2.35. The van der Waals surface area contributed by atoms with Gasteiger partial charge in [-0.3, -0.25) is 14.4 Å². The standard InChI is InChI=1S/C21H27N3O3/c1-15(2)12-23-21(27)18-14-24(13-17(19(18)25)20(26)22-3)11-7-10-16-8-5-4-6-9-16/h4-6,8-9,13-15H,7,10-12H2,1-3H3,(H,22,26)(H,23,27). The summed E-state index contributed by atoms with van der Waals surface area (Å²) in [6.07, 6.45) is 4.76.